The third kappa shape index (κ3) is 3.25. The molecule has 0 amide bonds. The van der Waals surface area contributed by atoms with Crippen LogP contribution in [0.4, 0.5) is 11.6 Å². The molecule has 6 heteroatoms. The van der Waals surface area contributed by atoms with Gasteiger partial charge in [0.05, 0.1) is 5.56 Å². The van der Waals surface area contributed by atoms with Gasteiger partial charge in [0.15, 0.2) is 0 Å². The van der Waals surface area contributed by atoms with Gasteiger partial charge in [-0.05, 0) is 30.3 Å². The first-order valence-corrected chi connectivity index (χ1v) is 8.44. The molecule has 1 saturated heterocycles. The number of ether oxygens (including phenoxy) is 1. The fraction of sp³-hybridized carbons (Fsp3) is 0.200. The summed E-state index contributed by atoms with van der Waals surface area (Å²) in [5.41, 5.74) is 7.57. The second-order valence-corrected chi connectivity index (χ2v) is 6.10. The molecule has 3 aromatic rings. The van der Waals surface area contributed by atoms with Crippen LogP contribution < -0.4 is 21.1 Å². The summed E-state index contributed by atoms with van der Waals surface area (Å²) >= 11 is 0. The lowest BCUT2D eigenvalue weighted by atomic mass is 10.1. The second-order valence-electron chi connectivity index (χ2n) is 6.10. The Bertz CT molecular complexity index is 1000. The van der Waals surface area contributed by atoms with Crippen molar-refractivity contribution in [3.63, 3.8) is 0 Å². The van der Waals surface area contributed by atoms with Crippen LogP contribution in [0.1, 0.15) is 11.1 Å². The molecule has 0 atom stereocenters. The molecule has 0 aliphatic carbocycles. The fourth-order valence-electron chi connectivity index (χ4n) is 2.74. The molecule has 0 bridgehead atoms. The van der Waals surface area contributed by atoms with Crippen LogP contribution in [0.3, 0.4) is 0 Å². The van der Waals surface area contributed by atoms with E-state index in [2.05, 4.69) is 32.4 Å². The quantitative estimate of drug-likeness (QED) is 0.630. The number of aromatic nitrogens is 2. The van der Waals surface area contributed by atoms with Gasteiger partial charge >= 0.3 is 0 Å². The molecule has 6 nitrogen and oxygen atoms in total. The van der Waals surface area contributed by atoms with Gasteiger partial charge in [0, 0.05) is 48.9 Å². The van der Waals surface area contributed by atoms with Gasteiger partial charge in [-0.1, -0.05) is 11.8 Å². The SMILES string of the molecule is CNc1ncc(C#Cc2ccc(OC3CNC3)cc2)c2cc(N)ncc12. The van der Waals surface area contributed by atoms with Gasteiger partial charge in [-0.25, -0.2) is 9.97 Å². The van der Waals surface area contributed by atoms with E-state index in [1.807, 2.05) is 37.4 Å². The highest BCUT2D eigenvalue weighted by molar-refractivity contribution is 5.96. The standard InChI is InChI=1S/C20H19N5O/c1-22-20-18-12-24-19(21)8-17(18)14(9-25-20)5-2-13-3-6-15(7-4-13)26-16-10-23-11-16/h3-4,6-9,12,16,23H,10-11H2,1H3,(H2,21,24)(H,22,25). The van der Waals surface area contributed by atoms with Crippen LogP contribution >= 0.6 is 0 Å². The zero-order valence-electron chi connectivity index (χ0n) is 14.4. The number of hydrogen-bond acceptors (Lipinski definition) is 6. The number of rotatable bonds is 3. The summed E-state index contributed by atoms with van der Waals surface area (Å²) < 4.78 is 5.82. The van der Waals surface area contributed by atoms with Gasteiger partial charge in [-0.3, -0.25) is 0 Å². The maximum atomic E-state index is 5.85. The van der Waals surface area contributed by atoms with Crippen molar-refractivity contribution in [3.8, 4) is 17.6 Å². The Morgan fingerprint density at radius 1 is 1.12 bits per heavy atom. The van der Waals surface area contributed by atoms with Crippen molar-refractivity contribution >= 4 is 22.4 Å². The first-order chi connectivity index (χ1) is 12.7. The number of nitrogens with one attached hydrogen (secondary N) is 2. The Kier molecular flexibility index (Phi) is 4.30. The predicted molar refractivity (Wildman–Crippen MR) is 103 cm³/mol. The van der Waals surface area contributed by atoms with Gasteiger partial charge in [-0.15, -0.1) is 0 Å². The van der Waals surface area contributed by atoms with E-state index >= 15 is 0 Å². The lowest BCUT2D eigenvalue weighted by Crippen LogP contribution is -2.50. The zero-order valence-corrected chi connectivity index (χ0v) is 14.4. The van der Waals surface area contributed by atoms with Crippen LogP contribution in [0, 0.1) is 11.8 Å². The zero-order chi connectivity index (χ0) is 17.9. The monoisotopic (exact) mass is 345 g/mol. The molecule has 26 heavy (non-hydrogen) atoms. The summed E-state index contributed by atoms with van der Waals surface area (Å²) in [7, 11) is 1.83. The molecule has 3 heterocycles. The lowest BCUT2D eigenvalue weighted by molar-refractivity contribution is 0.142. The van der Waals surface area contributed by atoms with E-state index < -0.39 is 0 Å². The smallest absolute Gasteiger partial charge is 0.135 e. The molecule has 1 aliphatic rings. The number of pyridine rings is 2. The highest BCUT2D eigenvalue weighted by atomic mass is 16.5. The molecule has 1 aliphatic heterocycles. The molecule has 4 rings (SSSR count). The number of nitrogen functional groups attached to an aromatic ring is 1. The Hall–Kier alpha value is -3.30. The second kappa shape index (κ2) is 6.90. The number of hydrogen-bond donors (Lipinski definition) is 3. The number of fused-ring (bicyclic) bond motifs is 1. The highest BCUT2D eigenvalue weighted by Gasteiger charge is 2.17. The number of anilines is 2. The van der Waals surface area contributed by atoms with E-state index in [-0.39, 0.29) is 6.10 Å². The van der Waals surface area contributed by atoms with Crippen molar-refractivity contribution in [2.45, 2.75) is 6.10 Å². The van der Waals surface area contributed by atoms with Crippen molar-refractivity contribution in [2.24, 2.45) is 0 Å². The molecule has 1 aromatic carbocycles. The molecule has 0 radical (unpaired) electrons. The van der Waals surface area contributed by atoms with Crippen LogP contribution in [0.2, 0.25) is 0 Å². The Morgan fingerprint density at radius 2 is 1.92 bits per heavy atom. The van der Waals surface area contributed by atoms with Gasteiger partial charge < -0.3 is 21.1 Å². The van der Waals surface area contributed by atoms with E-state index in [0.717, 1.165) is 46.6 Å². The molecule has 2 aromatic heterocycles. The number of nitrogens with zero attached hydrogens (tertiary/aromatic N) is 2. The maximum Gasteiger partial charge on any atom is 0.135 e. The normalized spacial score (nSPS) is 13.6. The topological polar surface area (TPSA) is 85.1 Å². The van der Waals surface area contributed by atoms with Crippen molar-refractivity contribution in [1.82, 2.24) is 15.3 Å². The third-order valence-corrected chi connectivity index (χ3v) is 4.27. The largest absolute Gasteiger partial charge is 0.488 e. The average Bonchev–Trinajstić information content (AvgIpc) is 2.63. The summed E-state index contributed by atoms with van der Waals surface area (Å²) in [6.45, 7) is 1.81. The van der Waals surface area contributed by atoms with E-state index in [9.17, 15) is 0 Å². The molecule has 1 fully saturated rings. The van der Waals surface area contributed by atoms with Crippen LogP contribution in [0.15, 0.2) is 42.7 Å². The van der Waals surface area contributed by atoms with Gasteiger partial charge in [0.2, 0.25) is 0 Å². The minimum Gasteiger partial charge on any atom is -0.488 e. The predicted octanol–water partition coefficient (Wildman–Crippen LogP) is 2.00. The van der Waals surface area contributed by atoms with E-state index in [1.165, 1.54) is 0 Å². The Morgan fingerprint density at radius 3 is 2.62 bits per heavy atom. The lowest BCUT2D eigenvalue weighted by Gasteiger charge is -2.27. The first kappa shape index (κ1) is 16.2. The van der Waals surface area contributed by atoms with Gasteiger partial charge in [-0.2, -0.15) is 0 Å². The number of nitrogens with two attached hydrogens (primary N) is 1. The highest BCUT2D eigenvalue weighted by Crippen LogP contribution is 2.24. The van der Waals surface area contributed by atoms with Crippen molar-refractivity contribution < 1.29 is 4.74 Å². The van der Waals surface area contributed by atoms with Crippen molar-refractivity contribution in [3.05, 3.63) is 53.9 Å². The van der Waals surface area contributed by atoms with Crippen molar-refractivity contribution in [1.29, 1.82) is 0 Å². The van der Waals surface area contributed by atoms with Crippen molar-refractivity contribution in [2.75, 3.05) is 31.2 Å². The maximum absolute atomic E-state index is 5.85. The Balaban J connectivity index is 1.62. The van der Waals surface area contributed by atoms with E-state index in [1.54, 1.807) is 12.4 Å². The molecule has 4 N–H and O–H groups in total. The molecular formula is C20H19N5O. The van der Waals surface area contributed by atoms with Crippen LogP contribution in [0.5, 0.6) is 5.75 Å². The number of benzene rings is 1. The summed E-state index contributed by atoms with van der Waals surface area (Å²) in [5, 5.41) is 8.08. The van der Waals surface area contributed by atoms with Crippen LogP contribution in [-0.2, 0) is 0 Å². The third-order valence-electron chi connectivity index (χ3n) is 4.27. The first-order valence-electron chi connectivity index (χ1n) is 8.44. The summed E-state index contributed by atoms with van der Waals surface area (Å²) in [5.74, 6) is 8.45. The minimum atomic E-state index is 0.272. The van der Waals surface area contributed by atoms with Gasteiger partial charge in [0.25, 0.3) is 0 Å². The van der Waals surface area contributed by atoms with E-state index in [4.69, 9.17) is 10.5 Å². The fourth-order valence-corrected chi connectivity index (χ4v) is 2.74. The molecule has 130 valence electrons. The van der Waals surface area contributed by atoms with Crippen LogP contribution in [-0.4, -0.2) is 36.2 Å². The Labute approximate surface area is 151 Å². The van der Waals surface area contributed by atoms with E-state index in [0.29, 0.717) is 5.82 Å². The average molecular weight is 345 g/mol. The summed E-state index contributed by atoms with van der Waals surface area (Å²) in [6, 6.07) is 9.64. The van der Waals surface area contributed by atoms with Crippen LogP contribution in [0.25, 0.3) is 10.8 Å². The molecule has 0 saturated carbocycles. The summed E-state index contributed by atoms with van der Waals surface area (Å²) in [6.07, 6.45) is 3.74. The molecule has 0 spiro atoms. The van der Waals surface area contributed by atoms with Gasteiger partial charge in [0.1, 0.15) is 23.5 Å². The summed E-state index contributed by atoms with van der Waals surface area (Å²) in [4.78, 5) is 8.56. The molecular weight excluding hydrogens is 326 g/mol. The molecule has 0 unspecified atom stereocenters. The minimum absolute atomic E-state index is 0.272.